The highest BCUT2D eigenvalue weighted by Crippen LogP contribution is 2.34. The maximum atomic E-state index is 2.36. The lowest BCUT2D eigenvalue weighted by molar-refractivity contribution is 0.633. The summed E-state index contributed by atoms with van der Waals surface area (Å²) in [4.78, 5) is 0. The Balaban J connectivity index is 2.09. The minimum Gasteiger partial charge on any atom is -0.0767 e. The molecule has 0 aromatic heterocycles. The van der Waals surface area contributed by atoms with Crippen LogP contribution in [-0.2, 0) is 0 Å². The number of hydrogen-bond donors (Lipinski definition) is 0. The van der Waals surface area contributed by atoms with Crippen LogP contribution in [-0.4, -0.2) is 0 Å². The summed E-state index contributed by atoms with van der Waals surface area (Å²) in [5, 5.41) is 0. The van der Waals surface area contributed by atoms with Crippen molar-refractivity contribution in [2.75, 3.05) is 0 Å². The van der Waals surface area contributed by atoms with Crippen molar-refractivity contribution in [1.82, 2.24) is 0 Å². The average Bonchev–Trinajstić information content (AvgIpc) is 2.34. The van der Waals surface area contributed by atoms with Crippen molar-refractivity contribution in [3.05, 3.63) is 84.1 Å². The van der Waals surface area contributed by atoms with Gasteiger partial charge in [0.05, 0.1) is 0 Å². The van der Waals surface area contributed by atoms with Crippen molar-refractivity contribution in [2.24, 2.45) is 11.8 Å². The third-order valence-electron chi connectivity index (χ3n) is 3.22. The molecule has 16 heavy (non-hydrogen) atoms. The van der Waals surface area contributed by atoms with Crippen molar-refractivity contribution in [3.63, 3.8) is 0 Å². The van der Waals surface area contributed by atoms with Crippen molar-refractivity contribution < 1.29 is 0 Å². The van der Waals surface area contributed by atoms with Gasteiger partial charge in [0, 0.05) is 11.8 Å². The molecule has 2 unspecified atom stereocenters. The van der Waals surface area contributed by atoms with E-state index in [1.807, 2.05) is 0 Å². The average molecular weight is 206 g/mol. The van der Waals surface area contributed by atoms with Gasteiger partial charge in [0.15, 0.2) is 0 Å². The lowest BCUT2D eigenvalue weighted by Gasteiger charge is -2.27. The largest absolute Gasteiger partial charge is 0.0767 e. The highest BCUT2D eigenvalue weighted by molar-refractivity contribution is 5.46. The molecular formula is C16H14. The molecule has 0 aromatic rings. The van der Waals surface area contributed by atoms with E-state index in [4.69, 9.17) is 0 Å². The molecule has 0 amide bonds. The summed E-state index contributed by atoms with van der Waals surface area (Å²) in [6.45, 7) is 0. The van der Waals surface area contributed by atoms with Gasteiger partial charge in [-0.3, -0.25) is 0 Å². The summed E-state index contributed by atoms with van der Waals surface area (Å²) in [6, 6.07) is 0. The van der Waals surface area contributed by atoms with Crippen LogP contribution in [0.4, 0.5) is 0 Å². The SMILES string of the molecule is C1=CC=CC2=CC=CC3C=CC(=CC23)C=C1. The number of allylic oxidation sites excluding steroid dienone is 14. The van der Waals surface area contributed by atoms with Gasteiger partial charge in [-0.1, -0.05) is 72.9 Å². The van der Waals surface area contributed by atoms with Crippen molar-refractivity contribution >= 4 is 0 Å². The predicted molar refractivity (Wildman–Crippen MR) is 68.8 cm³/mol. The Kier molecular flexibility index (Phi) is 2.34. The van der Waals surface area contributed by atoms with E-state index in [-0.39, 0.29) is 0 Å². The van der Waals surface area contributed by atoms with Gasteiger partial charge in [0.1, 0.15) is 0 Å². The molecule has 3 aliphatic rings. The van der Waals surface area contributed by atoms with Crippen molar-refractivity contribution in [3.8, 4) is 0 Å². The van der Waals surface area contributed by atoms with Gasteiger partial charge in [0.2, 0.25) is 0 Å². The van der Waals surface area contributed by atoms with Gasteiger partial charge in [-0.15, -0.1) is 0 Å². The van der Waals surface area contributed by atoms with Crippen molar-refractivity contribution in [2.45, 2.75) is 0 Å². The number of rotatable bonds is 0. The summed E-state index contributed by atoms with van der Waals surface area (Å²) in [5.41, 5.74) is 2.71. The quantitative estimate of drug-likeness (QED) is 0.564. The van der Waals surface area contributed by atoms with Crippen LogP contribution in [0.5, 0.6) is 0 Å². The molecule has 0 fully saturated rings. The third kappa shape index (κ3) is 1.67. The monoisotopic (exact) mass is 206 g/mol. The molecule has 0 N–H and O–H groups in total. The minimum absolute atomic E-state index is 0.511. The third-order valence-corrected chi connectivity index (χ3v) is 3.22. The Morgan fingerprint density at radius 1 is 0.750 bits per heavy atom. The fourth-order valence-electron chi connectivity index (χ4n) is 2.36. The molecule has 3 aliphatic carbocycles. The van der Waals surface area contributed by atoms with Crippen LogP contribution < -0.4 is 0 Å². The lowest BCUT2D eigenvalue weighted by Crippen LogP contribution is -2.15. The Bertz CT molecular complexity index is 490. The molecule has 2 bridgehead atoms. The molecule has 0 spiro atoms. The molecule has 3 rings (SSSR count). The second-order valence-corrected chi connectivity index (χ2v) is 4.28. The van der Waals surface area contributed by atoms with Crippen LogP contribution in [0.1, 0.15) is 0 Å². The Morgan fingerprint density at radius 2 is 1.62 bits per heavy atom. The van der Waals surface area contributed by atoms with E-state index in [2.05, 4.69) is 72.9 Å². The smallest absolute Gasteiger partial charge is 0.0125 e. The highest BCUT2D eigenvalue weighted by Gasteiger charge is 2.22. The van der Waals surface area contributed by atoms with Gasteiger partial charge in [-0.25, -0.2) is 0 Å². The summed E-state index contributed by atoms with van der Waals surface area (Å²) < 4.78 is 0. The molecule has 0 aliphatic heterocycles. The molecule has 0 saturated heterocycles. The second-order valence-electron chi connectivity index (χ2n) is 4.28. The normalized spacial score (nSPS) is 30.0. The molecule has 0 heteroatoms. The van der Waals surface area contributed by atoms with Crippen LogP contribution in [0.3, 0.4) is 0 Å². The summed E-state index contributed by atoms with van der Waals surface area (Å²) in [7, 11) is 0. The van der Waals surface area contributed by atoms with Crippen LogP contribution in [0.2, 0.25) is 0 Å². The standard InChI is InChI=1S/C16H14/c1-2-4-7-14-8-5-9-15-11-10-13(6-3-1)12-16(14)15/h1-12,15-16H. The van der Waals surface area contributed by atoms with Crippen molar-refractivity contribution in [1.29, 1.82) is 0 Å². The molecule has 0 aromatic carbocycles. The van der Waals surface area contributed by atoms with E-state index in [0.29, 0.717) is 11.8 Å². The molecule has 0 heterocycles. The van der Waals surface area contributed by atoms with Gasteiger partial charge in [-0.2, -0.15) is 0 Å². The molecular weight excluding hydrogens is 192 g/mol. The molecule has 0 nitrogen and oxygen atoms in total. The zero-order valence-corrected chi connectivity index (χ0v) is 9.08. The van der Waals surface area contributed by atoms with E-state index in [1.54, 1.807) is 0 Å². The van der Waals surface area contributed by atoms with Gasteiger partial charge in [0.25, 0.3) is 0 Å². The van der Waals surface area contributed by atoms with E-state index >= 15 is 0 Å². The topological polar surface area (TPSA) is 0 Å². The molecule has 2 atom stereocenters. The molecule has 0 saturated carbocycles. The second kappa shape index (κ2) is 3.97. The fraction of sp³-hybridized carbons (Fsp3) is 0.125. The Hall–Kier alpha value is -1.82. The fourth-order valence-corrected chi connectivity index (χ4v) is 2.36. The zero-order valence-electron chi connectivity index (χ0n) is 9.08. The maximum absolute atomic E-state index is 2.36. The van der Waals surface area contributed by atoms with Crippen LogP contribution in [0, 0.1) is 11.8 Å². The predicted octanol–water partition coefficient (Wildman–Crippen LogP) is 3.89. The first-order valence-electron chi connectivity index (χ1n) is 5.73. The molecule has 78 valence electrons. The lowest BCUT2D eigenvalue weighted by atomic mass is 9.77. The molecule has 0 radical (unpaired) electrons. The summed E-state index contributed by atoms with van der Waals surface area (Å²) in [5.74, 6) is 1.04. The van der Waals surface area contributed by atoms with Crippen LogP contribution >= 0.6 is 0 Å². The minimum atomic E-state index is 0.511. The van der Waals surface area contributed by atoms with Gasteiger partial charge in [-0.05, 0) is 11.1 Å². The van der Waals surface area contributed by atoms with Crippen LogP contribution in [0.15, 0.2) is 84.1 Å². The number of hydrogen-bond acceptors (Lipinski definition) is 0. The van der Waals surface area contributed by atoms with E-state index in [1.165, 1.54) is 11.1 Å². The highest BCUT2D eigenvalue weighted by atomic mass is 14.3. The first kappa shape index (κ1) is 9.41. The first-order chi connectivity index (χ1) is 7.93. The summed E-state index contributed by atoms with van der Waals surface area (Å²) in [6.07, 6.45) is 26.3. The van der Waals surface area contributed by atoms with E-state index < -0.39 is 0 Å². The Morgan fingerprint density at radius 3 is 2.56 bits per heavy atom. The first-order valence-corrected chi connectivity index (χ1v) is 5.73. The van der Waals surface area contributed by atoms with E-state index in [9.17, 15) is 0 Å². The summed E-state index contributed by atoms with van der Waals surface area (Å²) >= 11 is 0. The van der Waals surface area contributed by atoms with Gasteiger partial charge < -0.3 is 0 Å². The van der Waals surface area contributed by atoms with E-state index in [0.717, 1.165) is 0 Å². The zero-order chi connectivity index (χ0) is 10.8. The Labute approximate surface area is 96.4 Å². The van der Waals surface area contributed by atoms with Gasteiger partial charge >= 0.3 is 0 Å². The maximum Gasteiger partial charge on any atom is 0.0125 e. The van der Waals surface area contributed by atoms with Crippen LogP contribution in [0.25, 0.3) is 0 Å².